The minimum Gasteiger partial charge on any atom is -0.478 e. The number of hydrogen-bond donors (Lipinski definition) is 3. The number of halogens is 1. The number of carbonyl (C=O) groups is 2. The van der Waals surface area contributed by atoms with Crippen LogP contribution >= 0.6 is 15.9 Å². The molecule has 4 aromatic rings. The van der Waals surface area contributed by atoms with Crippen molar-refractivity contribution in [2.75, 3.05) is 11.9 Å². The molecular weight excluding hydrogens is 460 g/mol. The smallest absolute Gasteiger partial charge is 0.412 e. The Kier molecular flexibility index (Phi) is 4.75. The number of nitrogens with one attached hydrogen (secondary N) is 2. The molecule has 0 fully saturated rings. The number of benzene rings is 3. The Balaban J connectivity index is 1.38. The van der Waals surface area contributed by atoms with Gasteiger partial charge in [0.25, 0.3) is 0 Å². The van der Waals surface area contributed by atoms with Gasteiger partial charge in [-0.15, -0.1) is 0 Å². The molecule has 31 heavy (non-hydrogen) atoms. The third kappa shape index (κ3) is 3.37. The topological polar surface area (TPSA) is 91.4 Å². The van der Waals surface area contributed by atoms with Gasteiger partial charge in [-0.25, -0.2) is 9.59 Å². The minimum absolute atomic E-state index is 0.00370. The first-order valence-electron chi connectivity index (χ1n) is 9.69. The zero-order valence-electron chi connectivity index (χ0n) is 16.2. The van der Waals surface area contributed by atoms with Gasteiger partial charge in [0.2, 0.25) is 0 Å². The molecule has 0 radical (unpaired) electrons. The lowest BCUT2D eigenvalue weighted by Gasteiger charge is -2.14. The van der Waals surface area contributed by atoms with Crippen molar-refractivity contribution in [1.29, 1.82) is 0 Å². The Labute approximate surface area is 186 Å². The van der Waals surface area contributed by atoms with Crippen LogP contribution in [0.3, 0.4) is 0 Å². The van der Waals surface area contributed by atoms with E-state index in [1.165, 1.54) is 0 Å². The monoisotopic (exact) mass is 476 g/mol. The molecule has 154 valence electrons. The molecule has 3 aromatic carbocycles. The average Bonchev–Trinajstić information content (AvgIpc) is 3.27. The molecule has 0 saturated carbocycles. The molecule has 1 aliphatic carbocycles. The van der Waals surface area contributed by atoms with E-state index >= 15 is 0 Å². The highest BCUT2D eigenvalue weighted by Gasteiger charge is 2.29. The van der Waals surface area contributed by atoms with Gasteiger partial charge >= 0.3 is 12.1 Å². The van der Waals surface area contributed by atoms with E-state index in [-0.39, 0.29) is 23.9 Å². The summed E-state index contributed by atoms with van der Waals surface area (Å²) in [5.74, 6) is -1.11. The molecule has 7 heteroatoms. The van der Waals surface area contributed by atoms with Crippen LogP contribution in [0, 0.1) is 0 Å². The number of H-pyrrole nitrogens is 1. The number of aromatic carboxylic acids is 1. The molecule has 0 saturated heterocycles. The van der Waals surface area contributed by atoms with Crippen molar-refractivity contribution >= 4 is 44.7 Å². The summed E-state index contributed by atoms with van der Waals surface area (Å²) in [5.41, 5.74) is 5.09. The quantitative estimate of drug-likeness (QED) is 0.337. The lowest BCUT2D eigenvalue weighted by atomic mass is 9.98. The van der Waals surface area contributed by atoms with Crippen LogP contribution in [0.25, 0.3) is 22.0 Å². The van der Waals surface area contributed by atoms with Gasteiger partial charge in [0.1, 0.15) is 18.0 Å². The highest BCUT2D eigenvalue weighted by Crippen LogP contribution is 2.44. The van der Waals surface area contributed by atoms with Crippen molar-refractivity contribution in [3.05, 3.63) is 87.9 Å². The standard InChI is InChI=1S/C24H17BrN2O4/c25-13-9-10-18-20(11-13)26-22(21(18)23(28)29)27-24(30)31-12-19-16-7-3-1-5-14(16)15-6-2-4-8-17(15)19/h1-11,19,26H,12H2,(H,27,30)(H,28,29). The fourth-order valence-corrected chi connectivity index (χ4v) is 4.58. The fraction of sp³-hybridized carbons (Fsp3) is 0.0833. The molecular formula is C24H17BrN2O4. The summed E-state index contributed by atoms with van der Waals surface area (Å²) in [4.78, 5) is 27.3. The molecule has 0 atom stereocenters. The number of amides is 1. The highest BCUT2D eigenvalue weighted by atomic mass is 79.9. The van der Waals surface area contributed by atoms with Gasteiger partial charge in [0.15, 0.2) is 0 Å². The third-order valence-electron chi connectivity index (χ3n) is 5.55. The van der Waals surface area contributed by atoms with Gasteiger partial charge in [-0.1, -0.05) is 70.5 Å². The minimum atomic E-state index is -1.14. The Morgan fingerprint density at radius 3 is 2.29 bits per heavy atom. The number of aromatic nitrogens is 1. The molecule has 1 aliphatic rings. The number of carbonyl (C=O) groups excluding carboxylic acids is 1. The first-order chi connectivity index (χ1) is 15.0. The number of carboxylic acids is 1. The predicted octanol–water partition coefficient (Wildman–Crippen LogP) is 5.99. The Bertz CT molecular complexity index is 1300. The van der Waals surface area contributed by atoms with Gasteiger partial charge < -0.3 is 14.8 Å². The number of aromatic amines is 1. The van der Waals surface area contributed by atoms with E-state index in [9.17, 15) is 14.7 Å². The first kappa shape index (κ1) is 19.4. The van der Waals surface area contributed by atoms with Crippen molar-refractivity contribution in [2.24, 2.45) is 0 Å². The van der Waals surface area contributed by atoms with Crippen LogP contribution in [0.1, 0.15) is 27.4 Å². The molecule has 0 spiro atoms. The maximum atomic E-state index is 12.6. The maximum absolute atomic E-state index is 12.6. The zero-order valence-corrected chi connectivity index (χ0v) is 17.8. The lowest BCUT2D eigenvalue weighted by Crippen LogP contribution is -2.19. The lowest BCUT2D eigenvalue weighted by molar-refractivity contribution is 0.0700. The number of rotatable bonds is 4. The van der Waals surface area contributed by atoms with Crippen molar-refractivity contribution < 1.29 is 19.4 Å². The average molecular weight is 477 g/mol. The molecule has 6 nitrogen and oxygen atoms in total. The van der Waals surface area contributed by atoms with E-state index in [1.807, 2.05) is 36.4 Å². The summed E-state index contributed by atoms with van der Waals surface area (Å²) in [6, 6.07) is 21.3. The molecule has 1 aromatic heterocycles. The summed E-state index contributed by atoms with van der Waals surface area (Å²) in [5, 5.41) is 12.7. The summed E-state index contributed by atoms with van der Waals surface area (Å²) in [7, 11) is 0. The normalized spacial score (nSPS) is 12.4. The summed E-state index contributed by atoms with van der Waals surface area (Å²) >= 11 is 3.36. The van der Waals surface area contributed by atoms with E-state index in [0.29, 0.717) is 10.9 Å². The summed E-state index contributed by atoms with van der Waals surface area (Å²) in [6.07, 6.45) is -0.713. The van der Waals surface area contributed by atoms with Crippen LogP contribution in [-0.2, 0) is 4.74 Å². The van der Waals surface area contributed by atoms with Crippen LogP contribution in [0.2, 0.25) is 0 Å². The van der Waals surface area contributed by atoms with Gasteiger partial charge in [-0.2, -0.15) is 0 Å². The van der Waals surface area contributed by atoms with Crippen LogP contribution in [-0.4, -0.2) is 28.8 Å². The second-order valence-electron chi connectivity index (χ2n) is 7.32. The Morgan fingerprint density at radius 1 is 1.00 bits per heavy atom. The predicted molar refractivity (Wildman–Crippen MR) is 122 cm³/mol. The molecule has 1 heterocycles. The highest BCUT2D eigenvalue weighted by molar-refractivity contribution is 9.10. The summed E-state index contributed by atoms with van der Waals surface area (Å²) in [6.45, 7) is 0.147. The SMILES string of the molecule is O=C(Nc1[nH]c2cc(Br)ccc2c1C(=O)O)OCC1c2ccccc2-c2ccccc21. The fourth-order valence-electron chi connectivity index (χ4n) is 4.22. The number of carboxylic acid groups (broad SMARTS) is 1. The van der Waals surface area contributed by atoms with Crippen molar-refractivity contribution in [1.82, 2.24) is 4.98 Å². The van der Waals surface area contributed by atoms with E-state index < -0.39 is 12.1 Å². The number of hydrogen-bond acceptors (Lipinski definition) is 3. The maximum Gasteiger partial charge on any atom is 0.412 e. The molecule has 5 rings (SSSR count). The van der Waals surface area contributed by atoms with Gasteiger partial charge in [0, 0.05) is 21.3 Å². The molecule has 3 N–H and O–H groups in total. The van der Waals surface area contributed by atoms with Gasteiger partial charge in [0.05, 0.1) is 0 Å². The molecule has 0 unspecified atom stereocenters. The second kappa shape index (κ2) is 7.59. The van der Waals surface area contributed by atoms with Gasteiger partial charge in [-0.05, 0) is 34.4 Å². The first-order valence-corrected chi connectivity index (χ1v) is 10.5. The third-order valence-corrected chi connectivity index (χ3v) is 6.04. The van der Waals surface area contributed by atoms with Crippen LogP contribution in [0.4, 0.5) is 10.6 Å². The van der Waals surface area contributed by atoms with Crippen molar-refractivity contribution in [3.8, 4) is 11.1 Å². The van der Waals surface area contributed by atoms with E-state index in [2.05, 4.69) is 38.4 Å². The Morgan fingerprint density at radius 2 is 1.65 bits per heavy atom. The molecule has 0 aliphatic heterocycles. The van der Waals surface area contributed by atoms with E-state index in [4.69, 9.17) is 4.74 Å². The zero-order chi connectivity index (χ0) is 21.5. The number of ether oxygens (including phenoxy) is 1. The largest absolute Gasteiger partial charge is 0.478 e. The van der Waals surface area contributed by atoms with E-state index in [0.717, 1.165) is 26.7 Å². The van der Waals surface area contributed by atoms with Crippen molar-refractivity contribution in [2.45, 2.75) is 5.92 Å². The molecule has 0 bridgehead atoms. The van der Waals surface area contributed by atoms with Crippen LogP contribution in [0.15, 0.2) is 71.2 Å². The van der Waals surface area contributed by atoms with Crippen LogP contribution < -0.4 is 5.32 Å². The molecule has 1 amide bonds. The van der Waals surface area contributed by atoms with Crippen molar-refractivity contribution in [3.63, 3.8) is 0 Å². The second-order valence-corrected chi connectivity index (χ2v) is 8.24. The summed E-state index contributed by atoms with van der Waals surface area (Å²) < 4.78 is 6.32. The number of anilines is 1. The van der Waals surface area contributed by atoms with Gasteiger partial charge in [-0.3, -0.25) is 5.32 Å². The van der Waals surface area contributed by atoms with Crippen LogP contribution in [0.5, 0.6) is 0 Å². The Hall–Kier alpha value is -3.58. The number of fused-ring (bicyclic) bond motifs is 4. The van der Waals surface area contributed by atoms with E-state index in [1.54, 1.807) is 18.2 Å².